The Hall–Kier alpha value is -2.51. The molecule has 8 heteroatoms. The zero-order chi connectivity index (χ0) is 19.6. The number of carbonyl (C=O) groups excluding carboxylic acids is 2. The largest absolute Gasteiger partial charge is 0.503 e. The highest BCUT2D eigenvalue weighted by atomic mass is 19.4. The second-order valence-electron chi connectivity index (χ2n) is 7.04. The summed E-state index contributed by atoms with van der Waals surface area (Å²) >= 11 is 0. The van der Waals surface area contributed by atoms with Crippen LogP contribution in [0.2, 0.25) is 0 Å². The Balaban J connectivity index is 1.55. The number of carbonyl (C=O) groups is 2. The van der Waals surface area contributed by atoms with Crippen molar-refractivity contribution in [2.45, 2.75) is 43.8 Å². The summed E-state index contributed by atoms with van der Waals surface area (Å²) in [5.74, 6) is -2.31. The second kappa shape index (κ2) is 7.62. The summed E-state index contributed by atoms with van der Waals surface area (Å²) in [5.41, 5.74) is 0.959. The van der Waals surface area contributed by atoms with Crippen LogP contribution in [0.4, 0.5) is 13.2 Å². The van der Waals surface area contributed by atoms with Crippen molar-refractivity contribution in [3.05, 3.63) is 47.2 Å². The smallest absolute Gasteiger partial charge is 0.406 e. The average molecular weight is 382 g/mol. The van der Waals surface area contributed by atoms with E-state index >= 15 is 0 Å². The minimum atomic E-state index is -4.59. The molecule has 2 amide bonds. The predicted octanol–water partition coefficient (Wildman–Crippen LogP) is 3.05. The highest BCUT2D eigenvalue weighted by molar-refractivity contribution is 6.07. The maximum absolute atomic E-state index is 12.5. The van der Waals surface area contributed by atoms with Crippen LogP contribution in [0.3, 0.4) is 0 Å². The maximum atomic E-state index is 12.5. The third kappa shape index (κ3) is 4.61. The summed E-state index contributed by atoms with van der Waals surface area (Å²) in [6, 6.07) is 9.97. The van der Waals surface area contributed by atoms with Crippen LogP contribution in [0.5, 0.6) is 0 Å². The number of benzene rings is 1. The normalized spacial score (nSPS) is 23.7. The number of hydrogen-bond donors (Lipinski definition) is 2. The molecule has 0 radical (unpaired) electrons. The zero-order valence-corrected chi connectivity index (χ0v) is 14.6. The van der Waals surface area contributed by atoms with Crippen molar-refractivity contribution >= 4 is 11.8 Å². The summed E-state index contributed by atoms with van der Waals surface area (Å²) in [5, 5.41) is 12.5. The van der Waals surface area contributed by atoms with Crippen molar-refractivity contribution in [3.63, 3.8) is 0 Å². The van der Waals surface area contributed by atoms with Crippen molar-refractivity contribution in [2.75, 3.05) is 13.1 Å². The zero-order valence-electron chi connectivity index (χ0n) is 14.6. The molecule has 1 aromatic carbocycles. The Kier molecular flexibility index (Phi) is 5.43. The molecule has 1 fully saturated rings. The fraction of sp³-hybridized carbons (Fsp3) is 0.474. The Bertz CT molecular complexity index is 738. The second-order valence-corrected chi connectivity index (χ2v) is 7.04. The van der Waals surface area contributed by atoms with Crippen LogP contribution in [0, 0.1) is 0 Å². The Morgan fingerprint density at radius 3 is 2.37 bits per heavy atom. The number of alkyl halides is 3. The topological polar surface area (TPSA) is 69.6 Å². The van der Waals surface area contributed by atoms with Crippen LogP contribution in [0.25, 0.3) is 0 Å². The molecule has 0 unspecified atom stereocenters. The van der Waals surface area contributed by atoms with Crippen molar-refractivity contribution in [2.24, 2.45) is 0 Å². The lowest BCUT2D eigenvalue weighted by molar-refractivity contribution is -0.157. The van der Waals surface area contributed by atoms with Crippen LogP contribution < -0.4 is 5.32 Å². The number of halogens is 3. The van der Waals surface area contributed by atoms with Gasteiger partial charge < -0.3 is 15.3 Å². The van der Waals surface area contributed by atoms with Gasteiger partial charge in [-0.05, 0) is 37.2 Å². The Labute approximate surface area is 154 Å². The number of amides is 2. The number of hydrogen-bond acceptors (Lipinski definition) is 3. The highest BCUT2D eigenvalue weighted by Crippen LogP contribution is 2.33. The number of nitrogens with one attached hydrogen (secondary N) is 1. The van der Waals surface area contributed by atoms with Gasteiger partial charge >= 0.3 is 6.18 Å². The minimum absolute atomic E-state index is 0.121. The van der Waals surface area contributed by atoms with Crippen LogP contribution in [0.1, 0.15) is 37.2 Å². The van der Waals surface area contributed by atoms with E-state index in [1.807, 2.05) is 18.2 Å². The van der Waals surface area contributed by atoms with E-state index in [1.54, 1.807) is 0 Å². The van der Waals surface area contributed by atoms with Gasteiger partial charge in [-0.25, -0.2) is 0 Å². The number of aliphatic hydroxyl groups is 1. The average Bonchev–Trinajstić information content (AvgIpc) is 2.90. The Morgan fingerprint density at radius 1 is 1.15 bits per heavy atom. The molecular weight excluding hydrogens is 361 g/mol. The van der Waals surface area contributed by atoms with Gasteiger partial charge in [0.05, 0.1) is 12.1 Å². The monoisotopic (exact) mass is 382 g/mol. The van der Waals surface area contributed by atoms with Crippen molar-refractivity contribution in [1.82, 2.24) is 10.2 Å². The van der Waals surface area contributed by atoms with Gasteiger partial charge in [-0.3, -0.25) is 9.59 Å². The fourth-order valence-corrected chi connectivity index (χ4v) is 3.71. The third-order valence-corrected chi connectivity index (χ3v) is 5.10. The molecule has 2 aliphatic rings. The molecule has 0 saturated heterocycles. The van der Waals surface area contributed by atoms with Gasteiger partial charge in [0.1, 0.15) is 6.54 Å². The van der Waals surface area contributed by atoms with Crippen LogP contribution in [-0.4, -0.2) is 47.1 Å². The maximum Gasteiger partial charge on any atom is 0.406 e. The SMILES string of the molecule is O=C(NC1CCC(c2ccccc2)CC1)C1=C(O)C(=O)N(CC(F)(F)F)C1. The van der Waals surface area contributed by atoms with Crippen molar-refractivity contribution < 1.29 is 27.9 Å². The molecule has 1 aliphatic carbocycles. The molecule has 5 nitrogen and oxygen atoms in total. The first-order valence-electron chi connectivity index (χ1n) is 8.88. The van der Waals surface area contributed by atoms with Crippen molar-refractivity contribution in [3.8, 4) is 0 Å². The summed E-state index contributed by atoms with van der Waals surface area (Å²) in [6.07, 6.45) is -1.34. The van der Waals surface area contributed by atoms with E-state index in [9.17, 15) is 27.9 Å². The van der Waals surface area contributed by atoms with Gasteiger partial charge in [-0.2, -0.15) is 13.2 Å². The summed E-state index contributed by atoms with van der Waals surface area (Å²) < 4.78 is 37.5. The molecule has 27 heavy (non-hydrogen) atoms. The van der Waals surface area contributed by atoms with Crippen LogP contribution in [0.15, 0.2) is 41.7 Å². The number of aliphatic hydroxyl groups excluding tert-OH is 1. The van der Waals surface area contributed by atoms with E-state index < -0.39 is 36.8 Å². The highest BCUT2D eigenvalue weighted by Gasteiger charge is 2.41. The summed E-state index contributed by atoms with van der Waals surface area (Å²) in [7, 11) is 0. The molecule has 0 atom stereocenters. The predicted molar refractivity (Wildman–Crippen MR) is 91.9 cm³/mol. The first kappa shape index (κ1) is 19.3. The molecule has 1 heterocycles. The third-order valence-electron chi connectivity index (χ3n) is 5.10. The van der Waals surface area contributed by atoms with Gasteiger partial charge in [0, 0.05) is 6.04 Å². The molecule has 0 aromatic heterocycles. The lowest BCUT2D eigenvalue weighted by Gasteiger charge is -2.29. The van der Waals surface area contributed by atoms with Crippen LogP contribution >= 0.6 is 0 Å². The molecule has 2 N–H and O–H groups in total. The lowest BCUT2D eigenvalue weighted by Crippen LogP contribution is -2.40. The van der Waals surface area contributed by atoms with Crippen LogP contribution in [-0.2, 0) is 9.59 Å². The fourth-order valence-electron chi connectivity index (χ4n) is 3.71. The summed E-state index contributed by atoms with van der Waals surface area (Å²) in [6.45, 7) is -2.02. The molecule has 3 rings (SSSR count). The van der Waals surface area contributed by atoms with E-state index in [-0.39, 0.29) is 11.6 Å². The molecule has 1 aromatic rings. The van der Waals surface area contributed by atoms with Gasteiger partial charge in [-0.15, -0.1) is 0 Å². The van der Waals surface area contributed by atoms with E-state index in [0.717, 1.165) is 25.7 Å². The van der Waals surface area contributed by atoms with Crippen molar-refractivity contribution in [1.29, 1.82) is 0 Å². The minimum Gasteiger partial charge on any atom is -0.503 e. The molecule has 0 bridgehead atoms. The number of nitrogens with zero attached hydrogens (tertiary/aromatic N) is 1. The molecule has 1 saturated carbocycles. The number of rotatable bonds is 4. The van der Waals surface area contributed by atoms with E-state index in [1.165, 1.54) is 5.56 Å². The van der Waals surface area contributed by atoms with E-state index in [2.05, 4.69) is 17.4 Å². The van der Waals surface area contributed by atoms with Gasteiger partial charge in [0.2, 0.25) is 0 Å². The van der Waals surface area contributed by atoms with Gasteiger partial charge in [0.25, 0.3) is 11.8 Å². The van der Waals surface area contributed by atoms with E-state index in [4.69, 9.17) is 0 Å². The first-order chi connectivity index (χ1) is 12.7. The lowest BCUT2D eigenvalue weighted by atomic mass is 9.82. The van der Waals surface area contributed by atoms with Gasteiger partial charge in [0.15, 0.2) is 5.76 Å². The first-order valence-corrected chi connectivity index (χ1v) is 8.88. The van der Waals surface area contributed by atoms with Gasteiger partial charge in [-0.1, -0.05) is 30.3 Å². The standard InChI is InChI=1S/C19H21F3N2O3/c20-19(21,22)11-24-10-15(16(25)18(24)27)17(26)23-14-8-6-13(7-9-14)12-4-2-1-3-5-12/h1-5,13-14,25H,6-11H2,(H,23,26). The molecule has 1 aliphatic heterocycles. The molecule has 0 spiro atoms. The molecule has 146 valence electrons. The van der Waals surface area contributed by atoms with E-state index in [0.29, 0.717) is 10.8 Å². The quantitative estimate of drug-likeness (QED) is 0.841. The summed E-state index contributed by atoms with van der Waals surface area (Å²) in [4.78, 5) is 24.5. The Morgan fingerprint density at radius 2 is 1.78 bits per heavy atom. The molecular formula is C19H21F3N2O3.